The minimum Gasteiger partial charge on any atom is -0.493 e. The van der Waals surface area contributed by atoms with Crippen molar-refractivity contribution in [1.29, 1.82) is 0 Å². The predicted octanol–water partition coefficient (Wildman–Crippen LogP) is 3.08. The van der Waals surface area contributed by atoms with E-state index >= 15 is 0 Å². The van der Waals surface area contributed by atoms with Gasteiger partial charge in [-0.15, -0.1) is 24.0 Å². The first-order valence-corrected chi connectivity index (χ1v) is 9.26. The maximum absolute atomic E-state index is 5.96. The lowest BCUT2D eigenvalue weighted by molar-refractivity contribution is 0.297. The fourth-order valence-electron chi connectivity index (χ4n) is 2.50. The summed E-state index contributed by atoms with van der Waals surface area (Å²) in [4.78, 5) is 8.88. The van der Waals surface area contributed by atoms with E-state index in [0.717, 1.165) is 36.3 Å². The van der Waals surface area contributed by atoms with E-state index in [2.05, 4.69) is 31.8 Å². The van der Waals surface area contributed by atoms with E-state index in [0.29, 0.717) is 31.2 Å². The number of rotatable bonds is 9. The summed E-state index contributed by atoms with van der Waals surface area (Å²) in [6.07, 6.45) is 3.23. The number of aliphatic imine (C=N–C) groups is 1. The molecule has 3 rings (SSSR count). The van der Waals surface area contributed by atoms with E-state index < -0.39 is 0 Å². The zero-order chi connectivity index (χ0) is 18.2. The molecule has 2 N–H and O–H groups in total. The second kappa shape index (κ2) is 11.1. The molecule has 7 nitrogen and oxygen atoms in total. The number of nitrogens with zero attached hydrogens (tertiary/aromatic N) is 3. The van der Waals surface area contributed by atoms with Gasteiger partial charge in [-0.3, -0.25) is 0 Å². The van der Waals surface area contributed by atoms with E-state index in [1.54, 1.807) is 0 Å². The number of para-hydroxylation sites is 1. The van der Waals surface area contributed by atoms with Crippen molar-refractivity contribution < 1.29 is 9.26 Å². The molecule has 8 heteroatoms. The summed E-state index contributed by atoms with van der Waals surface area (Å²) in [7, 11) is 0. The molecule has 0 atom stereocenters. The Kier molecular flexibility index (Phi) is 8.83. The van der Waals surface area contributed by atoms with Gasteiger partial charge < -0.3 is 19.9 Å². The minimum atomic E-state index is 0. The molecule has 1 fully saturated rings. The normalized spacial score (nSPS) is 13.8. The lowest BCUT2D eigenvalue weighted by Gasteiger charge is -2.12. The van der Waals surface area contributed by atoms with E-state index in [-0.39, 0.29) is 24.0 Å². The van der Waals surface area contributed by atoms with Gasteiger partial charge in [0.1, 0.15) is 5.75 Å². The Balaban J connectivity index is 0.00000261. The Morgan fingerprint density at radius 1 is 1.30 bits per heavy atom. The van der Waals surface area contributed by atoms with Crippen molar-refractivity contribution in [1.82, 2.24) is 20.8 Å². The minimum absolute atomic E-state index is 0. The van der Waals surface area contributed by atoms with Crippen molar-refractivity contribution in [2.24, 2.45) is 10.9 Å². The largest absolute Gasteiger partial charge is 0.493 e. The van der Waals surface area contributed by atoms with E-state index in [1.165, 1.54) is 12.8 Å². The summed E-state index contributed by atoms with van der Waals surface area (Å²) in [5, 5.41) is 10.4. The lowest BCUT2D eigenvalue weighted by Crippen LogP contribution is -2.38. The first-order chi connectivity index (χ1) is 12.7. The van der Waals surface area contributed by atoms with Crippen molar-refractivity contribution in [3.63, 3.8) is 0 Å². The summed E-state index contributed by atoms with van der Waals surface area (Å²) in [6.45, 7) is 6.71. The van der Waals surface area contributed by atoms with Crippen LogP contribution in [-0.2, 0) is 13.0 Å². The Hall–Kier alpha value is -1.84. The zero-order valence-electron chi connectivity index (χ0n) is 15.9. The molecule has 0 aliphatic heterocycles. The van der Waals surface area contributed by atoms with E-state index in [9.17, 15) is 0 Å². The van der Waals surface area contributed by atoms with Gasteiger partial charge in [0.05, 0.1) is 13.2 Å². The quantitative estimate of drug-likeness (QED) is 0.323. The number of hydrogen-bond acceptors (Lipinski definition) is 5. The highest BCUT2D eigenvalue weighted by molar-refractivity contribution is 14.0. The van der Waals surface area contributed by atoms with Crippen LogP contribution in [0.5, 0.6) is 5.75 Å². The second-order valence-corrected chi connectivity index (χ2v) is 6.47. The van der Waals surface area contributed by atoms with Crippen LogP contribution in [-0.4, -0.2) is 35.8 Å². The number of halogens is 1. The van der Waals surface area contributed by atoms with Crippen LogP contribution in [0.2, 0.25) is 0 Å². The highest BCUT2D eigenvalue weighted by Crippen LogP contribution is 2.30. The fraction of sp³-hybridized carbons (Fsp3) is 0.526. The number of guanidine groups is 1. The SMILES string of the molecule is CCNC(=NCc1ccccc1OCC1CC1)NCCc1nc(C)no1.I. The molecule has 1 heterocycles. The van der Waals surface area contributed by atoms with E-state index in [4.69, 9.17) is 9.26 Å². The van der Waals surface area contributed by atoms with Crippen molar-refractivity contribution >= 4 is 29.9 Å². The van der Waals surface area contributed by atoms with Gasteiger partial charge in [-0.1, -0.05) is 23.4 Å². The molecule has 1 saturated carbocycles. The van der Waals surface area contributed by atoms with Gasteiger partial charge in [0, 0.05) is 25.1 Å². The van der Waals surface area contributed by atoms with Crippen LogP contribution in [0.25, 0.3) is 0 Å². The first kappa shape index (κ1) is 21.5. The number of aryl methyl sites for hydroxylation is 1. The molecule has 0 unspecified atom stereocenters. The Bertz CT molecular complexity index is 730. The molecule has 27 heavy (non-hydrogen) atoms. The monoisotopic (exact) mass is 485 g/mol. The summed E-state index contributed by atoms with van der Waals surface area (Å²) >= 11 is 0. The number of benzene rings is 1. The van der Waals surface area contributed by atoms with Crippen LogP contribution >= 0.6 is 24.0 Å². The Labute approximate surface area is 177 Å². The third-order valence-electron chi connectivity index (χ3n) is 4.10. The summed E-state index contributed by atoms with van der Waals surface area (Å²) in [5.41, 5.74) is 1.10. The van der Waals surface area contributed by atoms with Gasteiger partial charge in [-0.25, -0.2) is 4.99 Å². The molecular formula is C19H28IN5O2. The third kappa shape index (κ3) is 7.36. The number of aromatic nitrogens is 2. The first-order valence-electron chi connectivity index (χ1n) is 9.26. The van der Waals surface area contributed by atoms with Gasteiger partial charge in [0.15, 0.2) is 11.8 Å². The van der Waals surface area contributed by atoms with Crippen molar-refractivity contribution in [2.45, 2.75) is 39.7 Å². The van der Waals surface area contributed by atoms with Gasteiger partial charge in [-0.05, 0) is 38.7 Å². The molecule has 2 aromatic rings. The average Bonchev–Trinajstić information content (AvgIpc) is 3.39. The zero-order valence-corrected chi connectivity index (χ0v) is 18.2. The number of ether oxygens (including phenoxy) is 1. The Morgan fingerprint density at radius 2 is 2.11 bits per heavy atom. The molecule has 1 aliphatic rings. The molecule has 0 amide bonds. The van der Waals surface area contributed by atoms with Gasteiger partial charge in [0.25, 0.3) is 0 Å². The van der Waals surface area contributed by atoms with Crippen LogP contribution in [0, 0.1) is 12.8 Å². The maximum atomic E-state index is 5.96. The molecule has 1 aromatic carbocycles. The molecule has 0 saturated heterocycles. The number of nitrogens with one attached hydrogen (secondary N) is 2. The highest BCUT2D eigenvalue weighted by Gasteiger charge is 2.22. The molecule has 0 spiro atoms. The van der Waals surface area contributed by atoms with Crippen LogP contribution in [0.4, 0.5) is 0 Å². The molecule has 0 bridgehead atoms. The Morgan fingerprint density at radius 3 is 2.81 bits per heavy atom. The van der Waals surface area contributed by atoms with Crippen LogP contribution in [0.3, 0.4) is 0 Å². The second-order valence-electron chi connectivity index (χ2n) is 6.47. The molecule has 1 aromatic heterocycles. The number of hydrogen-bond donors (Lipinski definition) is 2. The van der Waals surface area contributed by atoms with Crippen LogP contribution in [0.1, 0.15) is 37.0 Å². The molecule has 0 radical (unpaired) electrons. The molecule has 1 aliphatic carbocycles. The van der Waals surface area contributed by atoms with Crippen LogP contribution in [0.15, 0.2) is 33.8 Å². The third-order valence-corrected chi connectivity index (χ3v) is 4.10. The maximum Gasteiger partial charge on any atom is 0.228 e. The topological polar surface area (TPSA) is 84.6 Å². The van der Waals surface area contributed by atoms with Crippen molar-refractivity contribution in [2.75, 3.05) is 19.7 Å². The van der Waals surface area contributed by atoms with E-state index in [1.807, 2.05) is 32.0 Å². The lowest BCUT2D eigenvalue weighted by atomic mass is 10.2. The van der Waals surface area contributed by atoms with Crippen molar-refractivity contribution in [3.8, 4) is 5.75 Å². The van der Waals surface area contributed by atoms with Gasteiger partial charge in [0.2, 0.25) is 5.89 Å². The standard InChI is InChI=1S/C19H27N5O2.HI/c1-3-20-19(21-11-10-18-23-14(2)24-26-18)22-12-16-6-4-5-7-17(16)25-13-15-8-9-15;/h4-7,15H,3,8-13H2,1-2H3,(H2,20,21,22);1H. The van der Waals surface area contributed by atoms with Gasteiger partial charge >= 0.3 is 0 Å². The molecule has 148 valence electrons. The van der Waals surface area contributed by atoms with Gasteiger partial charge in [-0.2, -0.15) is 4.98 Å². The highest BCUT2D eigenvalue weighted by atomic mass is 127. The smallest absolute Gasteiger partial charge is 0.228 e. The summed E-state index contributed by atoms with van der Waals surface area (Å²) in [6, 6.07) is 8.11. The summed E-state index contributed by atoms with van der Waals surface area (Å²) in [5.74, 6) is 3.72. The van der Waals surface area contributed by atoms with Crippen molar-refractivity contribution in [3.05, 3.63) is 41.5 Å². The summed E-state index contributed by atoms with van der Waals surface area (Å²) < 4.78 is 11.1. The fourth-order valence-corrected chi connectivity index (χ4v) is 2.50. The average molecular weight is 485 g/mol. The predicted molar refractivity (Wildman–Crippen MR) is 116 cm³/mol. The van der Waals surface area contributed by atoms with Crippen LogP contribution < -0.4 is 15.4 Å². The molecular weight excluding hydrogens is 457 g/mol.